The maximum atomic E-state index is 15.0. The van der Waals surface area contributed by atoms with Crippen molar-refractivity contribution in [1.29, 1.82) is 0 Å². The number of likely N-dealkylation sites (tertiary alicyclic amines) is 1. The minimum atomic E-state index is -2.98. The van der Waals surface area contributed by atoms with E-state index in [4.69, 9.17) is 10.5 Å². The number of nitrogen functional groups attached to an aromatic ring is 1. The van der Waals surface area contributed by atoms with Crippen molar-refractivity contribution in [3.8, 4) is 0 Å². The molecule has 2 aliphatic heterocycles. The molecule has 5 nitrogen and oxygen atoms in total. The Labute approximate surface area is 170 Å². The molecule has 1 unspecified atom stereocenters. The summed E-state index contributed by atoms with van der Waals surface area (Å²) in [7, 11) is 0. The average molecular weight is 413 g/mol. The molecule has 3 rings (SSSR count). The first kappa shape index (κ1) is 21.7. The molecular formula is C21H30F3N3O2. The predicted molar refractivity (Wildman–Crippen MR) is 107 cm³/mol. The minimum absolute atomic E-state index is 0.154. The van der Waals surface area contributed by atoms with Crippen LogP contribution in [-0.4, -0.2) is 54.6 Å². The molecule has 0 aromatic heterocycles. The topological polar surface area (TPSA) is 58.8 Å². The second-order valence-electron chi connectivity index (χ2n) is 9.04. The summed E-state index contributed by atoms with van der Waals surface area (Å²) in [5, 5.41) is 0. The number of anilines is 2. The van der Waals surface area contributed by atoms with Crippen LogP contribution < -0.4 is 10.6 Å². The molecule has 1 aromatic rings. The van der Waals surface area contributed by atoms with Gasteiger partial charge in [0.1, 0.15) is 11.4 Å². The summed E-state index contributed by atoms with van der Waals surface area (Å²) >= 11 is 0. The molecule has 0 radical (unpaired) electrons. The number of nitrogens with zero attached hydrogens (tertiary/aromatic N) is 2. The lowest BCUT2D eigenvalue weighted by Gasteiger charge is -2.46. The fourth-order valence-corrected chi connectivity index (χ4v) is 4.20. The first-order valence-electron chi connectivity index (χ1n) is 10.1. The molecule has 1 aromatic carbocycles. The third-order valence-corrected chi connectivity index (χ3v) is 5.58. The van der Waals surface area contributed by atoms with E-state index in [0.717, 1.165) is 6.07 Å². The van der Waals surface area contributed by atoms with Crippen molar-refractivity contribution < 1.29 is 22.7 Å². The van der Waals surface area contributed by atoms with Gasteiger partial charge in [0.15, 0.2) is 0 Å². The number of hydrogen-bond donors (Lipinski definition) is 1. The van der Waals surface area contributed by atoms with Crippen LogP contribution in [0.15, 0.2) is 18.2 Å². The lowest BCUT2D eigenvalue weighted by molar-refractivity contribution is -0.162. The molecule has 2 fully saturated rings. The van der Waals surface area contributed by atoms with Gasteiger partial charge in [-0.1, -0.05) is 0 Å². The van der Waals surface area contributed by atoms with Crippen LogP contribution in [0.5, 0.6) is 0 Å². The summed E-state index contributed by atoms with van der Waals surface area (Å²) < 4.78 is 49.5. The fraction of sp³-hybridized carbons (Fsp3) is 0.667. The third-order valence-electron chi connectivity index (χ3n) is 5.58. The summed E-state index contributed by atoms with van der Waals surface area (Å²) in [6.07, 6.45) is 1.25. The van der Waals surface area contributed by atoms with Gasteiger partial charge >= 0.3 is 5.97 Å². The van der Waals surface area contributed by atoms with E-state index < -0.39 is 29.9 Å². The van der Waals surface area contributed by atoms with Gasteiger partial charge in [-0.05, 0) is 71.3 Å². The Hall–Kier alpha value is -1.96. The van der Waals surface area contributed by atoms with E-state index in [1.165, 1.54) is 17.0 Å². The SMILES string of the molecule is CC(C)(C)OC(=O)C1CCN(C2CCN(c3ccc(N)cc3F)CC2(F)F)CC1. The Kier molecular flexibility index (Phi) is 6.03. The molecule has 2 heterocycles. The number of alkyl halides is 2. The second kappa shape index (κ2) is 8.05. The highest BCUT2D eigenvalue weighted by atomic mass is 19.3. The number of ether oxygens (including phenoxy) is 1. The smallest absolute Gasteiger partial charge is 0.309 e. The maximum Gasteiger partial charge on any atom is 0.309 e. The minimum Gasteiger partial charge on any atom is -0.460 e. The summed E-state index contributed by atoms with van der Waals surface area (Å²) in [6.45, 7) is 6.12. The van der Waals surface area contributed by atoms with E-state index in [1.54, 1.807) is 4.90 Å². The van der Waals surface area contributed by atoms with Crippen LogP contribution in [0.2, 0.25) is 0 Å². The monoisotopic (exact) mass is 413 g/mol. The zero-order valence-corrected chi connectivity index (χ0v) is 17.3. The number of halogens is 3. The largest absolute Gasteiger partial charge is 0.460 e. The van der Waals surface area contributed by atoms with Crippen molar-refractivity contribution in [2.24, 2.45) is 5.92 Å². The standard InChI is InChI=1S/C21H30F3N3O2/c1-20(2,3)29-19(28)14-6-9-26(10-7-14)18-8-11-27(13-21(18,23)24)17-5-4-15(25)12-16(17)22/h4-5,12,14,18H,6-11,13,25H2,1-3H3. The van der Waals surface area contributed by atoms with Gasteiger partial charge in [0.25, 0.3) is 5.92 Å². The molecule has 1 atom stereocenters. The number of carbonyl (C=O) groups excluding carboxylic acids is 1. The number of carbonyl (C=O) groups is 1. The zero-order valence-electron chi connectivity index (χ0n) is 17.3. The molecule has 0 spiro atoms. The average Bonchev–Trinajstić information content (AvgIpc) is 2.59. The number of esters is 1. The van der Waals surface area contributed by atoms with E-state index in [-0.39, 0.29) is 29.7 Å². The van der Waals surface area contributed by atoms with Crippen LogP contribution in [0.4, 0.5) is 24.5 Å². The number of nitrogens with two attached hydrogens (primary N) is 1. The summed E-state index contributed by atoms with van der Waals surface area (Å²) in [4.78, 5) is 15.4. The van der Waals surface area contributed by atoms with Crippen LogP contribution in [0.1, 0.15) is 40.0 Å². The normalized spacial score (nSPS) is 23.8. The molecule has 2 saturated heterocycles. The van der Waals surface area contributed by atoms with Gasteiger partial charge in [0, 0.05) is 12.2 Å². The molecule has 2 aliphatic rings. The summed E-state index contributed by atoms with van der Waals surface area (Å²) in [5.41, 5.74) is 5.42. The first-order chi connectivity index (χ1) is 13.5. The van der Waals surface area contributed by atoms with Gasteiger partial charge in [-0.2, -0.15) is 0 Å². The maximum absolute atomic E-state index is 15.0. The molecule has 0 saturated carbocycles. The number of benzene rings is 1. The molecule has 8 heteroatoms. The fourth-order valence-electron chi connectivity index (χ4n) is 4.20. The molecule has 162 valence electrons. The van der Waals surface area contributed by atoms with Crippen molar-refractivity contribution in [1.82, 2.24) is 4.90 Å². The second-order valence-corrected chi connectivity index (χ2v) is 9.04. The highest BCUT2D eigenvalue weighted by Crippen LogP contribution is 2.36. The lowest BCUT2D eigenvalue weighted by Crippen LogP contribution is -2.60. The summed E-state index contributed by atoms with van der Waals surface area (Å²) in [6, 6.07) is 3.22. The van der Waals surface area contributed by atoms with Crippen LogP contribution in [0.25, 0.3) is 0 Å². The van der Waals surface area contributed by atoms with Gasteiger partial charge in [0.2, 0.25) is 0 Å². The molecule has 2 N–H and O–H groups in total. The number of hydrogen-bond acceptors (Lipinski definition) is 5. The van der Waals surface area contributed by atoms with E-state index in [0.29, 0.717) is 32.5 Å². The van der Waals surface area contributed by atoms with Crippen LogP contribution in [0.3, 0.4) is 0 Å². The Morgan fingerprint density at radius 1 is 1.17 bits per heavy atom. The van der Waals surface area contributed by atoms with E-state index in [2.05, 4.69) is 0 Å². The van der Waals surface area contributed by atoms with Gasteiger partial charge in [-0.25, -0.2) is 13.2 Å². The predicted octanol–water partition coefficient (Wildman–Crippen LogP) is 3.68. The Balaban J connectivity index is 1.60. The lowest BCUT2D eigenvalue weighted by atomic mass is 9.91. The van der Waals surface area contributed by atoms with Crippen molar-refractivity contribution in [2.75, 3.05) is 36.8 Å². The highest BCUT2D eigenvalue weighted by molar-refractivity contribution is 5.73. The quantitative estimate of drug-likeness (QED) is 0.605. The van der Waals surface area contributed by atoms with Crippen molar-refractivity contribution in [3.05, 3.63) is 24.0 Å². The van der Waals surface area contributed by atoms with Crippen LogP contribution in [-0.2, 0) is 9.53 Å². The van der Waals surface area contributed by atoms with Crippen molar-refractivity contribution in [3.63, 3.8) is 0 Å². The van der Waals surface area contributed by atoms with E-state index in [9.17, 15) is 18.0 Å². The van der Waals surface area contributed by atoms with Gasteiger partial charge in [0.05, 0.1) is 24.2 Å². The van der Waals surface area contributed by atoms with Crippen LogP contribution >= 0.6 is 0 Å². The van der Waals surface area contributed by atoms with E-state index >= 15 is 0 Å². The first-order valence-corrected chi connectivity index (χ1v) is 10.1. The van der Waals surface area contributed by atoms with Crippen LogP contribution in [0, 0.1) is 11.7 Å². The van der Waals surface area contributed by atoms with Gasteiger partial charge < -0.3 is 15.4 Å². The Morgan fingerprint density at radius 2 is 1.83 bits per heavy atom. The molecule has 29 heavy (non-hydrogen) atoms. The molecular weight excluding hydrogens is 383 g/mol. The Bertz CT molecular complexity index is 743. The molecule has 0 bridgehead atoms. The van der Waals surface area contributed by atoms with Crippen molar-refractivity contribution >= 4 is 17.3 Å². The molecule has 0 aliphatic carbocycles. The van der Waals surface area contributed by atoms with Gasteiger partial charge in [-0.3, -0.25) is 9.69 Å². The van der Waals surface area contributed by atoms with Crippen molar-refractivity contribution in [2.45, 2.75) is 57.6 Å². The molecule has 0 amide bonds. The van der Waals surface area contributed by atoms with Gasteiger partial charge in [-0.15, -0.1) is 0 Å². The summed E-state index contributed by atoms with van der Waals surface area (Å²) in [5.74, 6) is -4.07. The Morgan fingerprint density at radius 3 is 2.38 bits per heavy atom. The third kappa shape index (κ3) is 5.15. The number of rotatable bonds is 3. The zero-order chi connectivity index (χ0) is 21.4. The number of piperidine rings is 2. The van der Waals surface area contributed by atoms with E-state index in [1.807, 2.05) is 20.8 Å². The highest BCUT2D eigenvalue weighted by Gasteiger charge is 2.48.